The summed E-state index contributed by atoms with van der Waals surface area (Å²) >= 11 is 6.03. The van der Waals surface area contributed by atoms with Crippen molar-refractivity contribution in [1.29, 1.82) is 0 Å². The van der Waals surface area contributed by atoms with Gasteiger partial charge in [0, 0.05) is 18.1 Å². The van der Waals surface area contributed by atoms with Crippen LogP contribution in [0.5, 0.6) is 0 Å². The summed E-state index contributed by atoms with van der Waals surface area (Å²) in [5.74, 6) is 0. The second-order valence-electron chi connectivity index (χ2n) is 5.27. The Morgan fingerprint density at radius 1 is 1.47 bits per heavy atom. The highest BCUT2D eigenvalue weighted by Crippen LogP contribution is 2.31. The number of nitrogens with two attached hydrogens (primary N) is 1. The Morgan fingerprint density at radius 2 is 2.18 bits per heavy atom. The minimum atomic E-state index is -0.160. The van der Waals surface area contributed by atoms with Crippen LogP contribution in [0.25, 0.3) is 0 Å². The van der Waals surface area contributed by atoms with Gasteiger partial charge in [-0.15, -0.1) is 0 Å². The lowest BCUT2D eigenvalue weighted by Gasteiger charge is -2.43. The van der Waals surface area contributed by atoms with Gasteiger partial charge in [0.15, 0.2) is 0 Å². The zero-order chi connectivity index (χ0) is 12.6. The summed E-state index contributed by atoms with van der Waals surface area (Å²) in [6.07, 6.45) is 0.192. The number of anilines is 2. The number of benzene rings is 1. The first kappa shape index (κ1) is 12.5. The van der Waals surface area contributed by atoms with E-state index in [0.29, 0.717) is 5.02 Å². The number of hydrogen-bond acceptors (Lipinski definition) is 3. The second kappa shape index (κ2) is 4.39. The van der Waals surface area contributed by atoms with E-state index in [2.05, 4.69) is 25.7 Å². The van der Waals surface area contributed by atoms with Crippen molar-refractivity contribution in [3.05, 3.63) is 23.2 Å². The average molecular weight is 255 g/mol. The number of hydrogen-bond donors (Lipinski definition) is 1. The fraction of sp³-hybridized carbons (Fsp3) is 0.538. The van der Waals surface area contributed by atoms with Crippen molar-refractivity contribution in [2.75, 3.05) is 23.7 Å². The van der Waals surface area contributed by atoms with Crippen LogP contribution in [-0.4, -0.2) is 24.8 Å². The van der Waals surface area contributed by atoms with Crippen molar-refractivity contribution in [2.45, 2.75) is 32.5 Å². The molecule has 0 aromatic heterocycles. The van der Waals surface area contributed by atoms with Crippen molar-refractivity contribution < 1.29 is 4.74 Å². The average Bonchev–Trinajstić information content (AvgIpc) is 2.18. The molecule has 17 heavy (non-hydrogen) atoms. The molecule has 94 valence electrons. The van der Waals surface area contributed by atoms with Gasteiger partial charge in [0.05, 0.1) is 23.1 Å². The number of ether oxygens (including phenoxy) is 1. The molecule has 0 spiro atoms. The van der Waals surface area contributed by atoms with Gasteiger partial charge in [-0.3, -0.25) is 0 Å². The predicted octanol–water partition coefficient (Wildman–Crippen LogP) is 2.93. The lowest BCUT2D eigenvalue weighted by atomic mass is 10.0. The van der Waals surface area contributed by atoms with E-state index in [-0.39, 0.29) is 11.7 Å². The molecule has 1 unspecified atom stereocenters. The van der Waals surface area contributed by atoms with E-state index in [1.54, 1.807) is 0 Å². The highest BCUT2D eigenvalue weighted by molar-refractivity contribution is 6.31. The summed E-state index contributed by atoms with van der Waals surface area (Å²) in [5, 5.41) is 0.714. The number of rotatable bonds is 1. The van der Waals surface area contributed by atoms with Crippen molar-refractivity contribution in [3.63, 3.8) is 0 Å². The normalized spacial score (nSPS) is 23.8. The Hall–Kier alpha value is -0.930. The van der Waals surface area contributed by atoms with Crippen LogP contribution in [0.1, 0.15) is 20.8 Å². The van der Waals surface area contributed by atoms with Gasteiger partial charge < -0.3 is 15.4 Å². The van der Waals surface area contributed by atoms with Crippen LogP contribution in [-0.2, 0) is 4.74 Å². The smallest absolute Gasteiger partial charge is 0.0805 e. The monoisotopic (exact) mass is 254 g/mol. The molecule has 2 N–H and O–H groups in total. The first-order valence-electron chi connectivity index (χ1n) is 5.85. The van der Waals surface area contributed by atoms with Gasteiger partial charge in [-0.25, -0.2) is 0 Å². The van der Waals surface area contributed by atoms with Gasteiger partial charge in [-0.05, 0) is 39.0 Å². The molecule has 1 aromatic rings. The third-order valence-corrected chi connectivity index (χ3v) is 3.14. The topological polar surface area (TPSA) is 38.5 Å². The molecule has 0 radical (unpaired) electrons. The molecular weight excluding hydrogens is 236 g/mol. The number of halogens is 1. The first-order chi connectivity index (χ1) is 7.87. The Balaban J connectivity index is 2.30. The summed E-state index contributed by atoms with van der Waals surface area (Å²) in [4.78, 5) is 2.25. The van der Waals surface area contributed by atoms with Crippen molar-refractivity contribution >= 4 is 23.0 Å². The third kappa shape index (κ3) is 2.85. The van der Waals surface area contributed by atoms with Crippen LogP contribution in [0, 0.1) is 0 Å². The van der Waals surface area contributed by atoms with Gasteiger partial charge >= 0.3 is 0 Å². The minimum absolute atomic E-state index is 0.160. The number of morpholine rings is 1. The van der Waals surface area contributed by atoms with E-state index in [9.17, 15) is 0 Å². The Labute approximate surface area is 107 Å². The predicted molar refractivity (Wildman–Crippen MR) is 72.7 cm³/mol. The van der Waals surface area contributed by atoms with E-state index in [1.165, 1.54) is 0 Å². The molecule has 1 aromatic carbocycles. The molecule has 3 nitrogen and oxygen atoms in total. The number of nitrogen functional groups attached to an aromatic ring is 1. The molecule has 1 aliphatic heterocycles. The molecule has 0 bridgehead atoms. The van der Waals surface area contributed by atoms with Crippen molar-refractivity contribution in [1.82, 2.24) is 0 Å². The Kier molecular flexibility index (Phi) is 3.23. The molecule has 1 saturated heterocycles. The lowest BCUT2D eigenvalue weighted by molar-refractivity contribution is -0.0749. The maximum atomic E-state index is 6.03. The minimum Gasteiger partial charge on any atom is -0.397 e. The number of nitrogens with zero attached hydrogens (tertiary/aromatic N) is 1. The van der Waals surface area contributed by atoms with E-state index in [1.807, 2.05) is 18.2 Å². The zero-order valence-electron chi connectivity index (χ0n) is 10.5. The molecule has 0 aliphatic carbocycles. The third-order valence-electron chi connectivity index (χ3n) is 2.90. The van der Waals surface area contributed by atoms with E-state index in [0.717, 1.165) is 24.5 Å². The molecule has 1 heterocycles. The maximum Gasteiger partial charge on any atom is 0.0805 e. The van der Waals surface area contributed by atoms with Gasteiger partial charge in [0.1, 0.15) is 0 Å². The summed E-state index contributed by atoms with van der Waals surface area (Å²) in [6, 6.07) is 5.59. The summed E-state index contributed by atoms with van der Waals surface area (Å²) in [6.45, 7) is 7.93. The van der Waals surface area contributed by atoms with Crippen LogP contribution in [0.15, 0.2) is 18.2 Å². The van der Waals surface area contributed by atoms with Crippen LogP contribution in [0.3, 0.4) is 0 Å². The Morgan fingerprint density at radius 3 is 2.82 bits per heavy atom. The summed E-state index contributed by atoms with van der Waals surface area (Å²) in [7, 11) is 0. The molecule has 1 aliphatic rings. The van der Waals surface area contributed by atoms with Crippen LogP contribution in [0.4, 0.5) is 11.4 Å². The zero-order valence-corrected chi connectivity index (χ0v) is 11.3. The van der Waals surface area contributed by atoms with Gasteiger partial charge in [-0.2, -0.15) is 0 Å². The quantitative estimate of drug-likeness (QED) is 0.784. The van der Waals surface area contributed by atoms with Crippen LogP contribution >= 0.6 is 11.6 Å². The molecule has 0 saturated carbocycles. The fourth-order valence-electron chi connectivity index (χ4n) is 2.43. The molecule has 1 fully saturated rings. The Bertz CT molecular complexity index is 420. The first-order valence-corrected chi connectivity index (χ1v) is 6.23. The van der Waals surface area contributed by atoms with Gasteiger partial charge in [-0.1, -0.05) is 11.6 Å². The van der Waals surface area contributed by atoms with Gasteiger partial charge in [0.2, 0.25) is 0 Å². The lowest BCUT2D eigenvalue weighted by Crippen LogP contribution is -2.52. The molecule has 4 heteroatoms. The largest absolute Gasteiger partial charge is 0.397 e. The highest BCUT2D eigenvalue weighted by atomic mass is 35.5. The molecular formula is C13H19ClN2O. The van der Waals surface area contributed by atoms with Gasteiger partial charge in [0.25, 0.3) is 0 Å². The SMILES string of the molecule is CC1CN(c2cc(Cl)ccc2N)CC(C)(C)O1. The van der Waals surface area contributed by atoms with Crippen molar-refractivity contribution in [3.8, 4) is 0 Å². The molecule has 0 amide bonds. The van der Waals surface area contributed by atoms with Crippen molar-refractivity contribution in [2.24, 2.45) is 0 Å². The standard InChI is InChI=1S/C13H19ClN2O/c1-9-7-16(8-13(2,3)17-9)12-6-10(14)4-5-11(12)15/h4-6,9H,7-8,15H2,1-3H3. The fourth-order valence-corrected chi connectivity index (χ4v) is 2.59. The van der Waals surface area contributed by atoms with E-state index in [4.69, 9.17) is 22.1 Å². The maximum absolute atomic E-state index is 6.03. The molecule has 2 rings (SSSR count). The summed E-state index contributed by atoms with van der Waals surface area (Å²) < 4.78 is 5.88. The summed E-state index contributed by atoms with van der Waals surface area (Å²) in [5.41, 5.74) is 7.62. The van der Waals surface area contributed by atoms with E-state index < -0.39 is 0 Å². The highest BCUT2D eigenvalue weighted by Gasteiger charge is 2.32. The van der Waals surface area contributed by atoms with Crippen LogP contribution in [0.2, 0.25) is 5.02 Å². The molecule has 1 atom stereocenters. The van der Waals surface area contributed by atoms with Crippen LogP contribution < -0.4 is 10.6 Å². The second-order valence-corrected chi connectivity index (χ2v) is 5.71. The van der Waals surface area contributed by atoms with E-state index >= 15 is 0 Å².